The maximum atomic E-state index is 7.30. The van der Waals surface area contributed by atoms with Gasteiger partial charge in [0.25, 0.3) is 0 Å². The van der Waals surface area contributed by atoms with Crippen LogP contribution in [0.25, 0.3) is 0 Å². The summed E-state index contributed by atoms with van der Waals surface area (Å²) in [6.45, 7) is 3.22. The standard InChI is InChI=1S/C13H19N/c1-10(2)5-7-12(4)13-8-6-11(3)9-14-13/h9H,1,4-8H2,2-3H3/i2D3,3D3. The lowest BCUT2D eigenvalue weighted by molar-refractivity contribution is 0.926. The van der Waals surface area contributed by atoms with Gasteiger partial charge in [-0.3, -0.25) is 4.99 Å². The summed E-state index contributed by atoms with van der Waals surface area (Å²) in [6.07, 6.45) is 3.17. The maximum Gasteiger partial charge on any atom is 0.0432 e. The van der Waals surface area contributed by atoms with E-state index in [-0.39, 0.29) is 5.57 Å². The first-order valence-corrected chi connectivity index (χ1v) is 4.64. The molecule has 1 rings (SSSR count). The molecule has 0 unspecified atom stereocenters. The van der Waals surface area contributed by atoms with Crippen LogP contribution in [0, 0.1) is 0 Å². The second kappa shape index (κ2) is 4.94. The van der Waals surface area contributed by atoms with Crippen molar-refractivity contribution in [1.29, 1.82) is 0 Å². The third-order valence-corrected chi connectivity index (χ3v) is 2.14. The largest absolute Gasteiger partial charge is 0.261 e. The first kappa shape index (κ1) is 5.11. The van der Waals surface area contributed by atoms with E-state index in [4.69, 9.17) is 8.22 Å². The zero-order chi connectivity index (χ0) is 15.6. The van der Waals surface area contributed by atoms with Gasteiger partial charge in [-0.05, 0) is 45.0 Å². The quantitative estimate of drug-likeness (QED) is 0.600. The predicted molar refractivity (Wildman–Crippen MR) is 63.6 cm³/mol. The van der Waals surface area contributed by atoms with Gasteiger partial charge in [0.05, 0.1) is 0 Å². The predicted octanol–water partition coefficient (Wildman–Crippen LogP) is 4.04. The van der Waals surface area contributed by atoms with E-state index in [1.165, 1.54) is 6.20 Å². The van der Waals surface area contributed by atoms with Crippen molar-refractivity contribution in [2.45, 2.75) is 39.4 Å². The highest BCUT2D eigenvalue weighted by atomic mass is 14.7. The van der Waals surface area contributed by atoms with Gasteiger partial charge in [0.15, 0.2) is 0 Å². The van der Waals surface area contributed by atoms with Crippen LogP contribution in [-0.2, 0) is 0 Å². The molecule has 14 heavy (non-hydrogen) atoms. The molecule has 1 heterocycles. The molecule has 0 N–H and O–H groups in total. The number of aliphatic imine (C=N–C) groups is 1. The summed E-state index contributed by atoms with van der Waals surface area (Å²) < 4.78 is 43.6. The Morgan fingerprint density at radius 2 is 2.36 bits per heavy atom. The molecule has 0 amide bonds. The lowest BCUT2D eigenvalue weighted by Crippen LogP contribution is -2.05. The van der Waals surface area contributed by atoms with Crippen LogP contribution in [0.5, 0.6) is 0 Å². The molecule has 0 aromatic heterocycles. The molecule has 1 nitrogen and oxygen atoms in total. The molecule has 76 valence electrons. The highest BCUT2D eigenvalue weighted by Crippen LogP contribution is 2.18. The zero-order valence-electron chi connectivity index (χ0n) is 14.3. The minimum Gasteiger partial charge on any atom is -0.261 e. The van der Waals surface area contributed by atoms with Crippen LogP contribution in [0.1, 0.15) is 47.6 Å². The van der Waals surface area contributed by atoms with Crippen molar-refractivity contribution in [2.24, 2.45) is 4.99 Å². The van der Waals surface area contributed by atoms with Crippen LogP contribution in [0.3, 0.4) is 0 Å². The van der Waals surface area contributed by atoms with E-state index >= 15 is 0 Å². The van der Waals surface area contributed by atoms with Gasteiger partial charge in [0, 0.05) is 20.1 Å². The molecule has 0 saturated carbocycles. The van der Waals surface area contributed by atoms with Crippen molar-refractivity contribution in [3.05, 3.63) is 36.1 Å². The highest BCUT2D eigenvalue weighted by molar-refractivity contribution is 6.00. The Kier molecular flexibility index (Phi) is 1.80. The third-order valence-electron chi connectivity index (χ3n) is 2.14. The van der Waals surface area contributed by atoms with Gasteiger partial charge >= 0.3 is 0 Å². The molecule has 1 aliphatic heterocycles. The topological polar surface area (TPSA) is 12.4 Å². The number of allylic oxidation sites excluding steroid dienone is 3. The van der Waals surface area contributed by atoms with Crippen molar-refractivity contribution in [3.63, 3.8) is 0 Å². The summed E-state index contributed by atoms with van der Waals surface area (Å²) in [7, 11) is 0. The van der Waals surface area contributed by atoms with Crippen molar-refractivity contribution >= 4 is 5.71 Å². The molecule has 0 spiro atoms. The monoisotopic (exact) mass is 195 g/mol. The minimum absolute atomic E-state index is 0.203. The van der Waals surface area contributed by atoms with Crippen molar-refractivity contribution in [2.75, 3.05) is 0 Å². The van der Waals surface area contributed by atoms with E-state index in [0.29, 0.717) is 31.3 Å². The zero-order valence-corrected chi connectivity index (χ0v) is 8.27. The maximum absolute atomic E-state index is 7.30. The lowest BCUT2D eigenvalue weighted by atomic mass is 9.97. The molecule has 0 fully saturated rings. The van der Waals surface area contributed by atoms with E-state index in [1.807, 2.05) is 0 Å². The third kappa shape index (κ3) is 3.33. The fourth-order valence-electron chi connectivity index (χ4n) is 1.25. The van der Waals surface area contributed by atoms with Crippen LogP contribution >= 0.6 is 0 Å². The number of nitrogens with zero attached hydrogens (tertiary/aromatic N) is 1. The first-order valence-electron chi connectivity index (χ1n) is 7.64. The molecule has 0 radical (unpaired) electrons. The normalized spacial score (nSPS) is 24.0. The lowest BCUT2D eigenvalue weighted by Gasteiger charge is -2.13. The average molecular weight is 195 g/mol. The van der Waals surface area contributed by atoms with E-state index in [0.717, 1.165) is 11.3 Å². The Morgan fingerprint density at radius 3 is 2.93 bits per heavy atom. The van der Waals surface area contributed by atoms with Crippen LogP contribution in [0.2, 0.25) is 0 Å². The van der Waals surface area contributed by atoms with Gasteiger partial charge in [-0.15, -0.1) is 6.58 Å². The highest BCUT2D eigenvalue weighted by Gasteiger charge is 2.08. The van der Waals surface area contributed by atoms with E-state index in [2.05, 4.69) is 18.2 Å². The Balaban J connectivity index is 2.61. The fourth-order valence-corrected chi connectivity index (χ4v) is 1.25. The summed E-state index contributed by atoms with van der Waals surface area (Å²) in [4.78, 5) is 4.14. The number of rotatable bonds is 4. The molecule has 1 aliphatic rings. The summed E-state index contributed by atoms with van der Waals surface area (Å²) in [5.74, 6) is 0. The Bertz CT molecular complexity index is 464. The van der Waals surface area contributed by atoms with Gasteiger partial charge < -0.3 is 0 Å². The molecule has 0 aliphatic carbocycles. The van der Waals surface area contributed by atoms with Crippen LogP contribution in [0.15, 0.2) is 41.1 Å². The Morgan fingerprint density at radius 1 is 1.50 bits per heavy atom. The molecule has 0 aromatic carbocycles. The van der Waals surface area contributed by atoms with Crippen LogP contribution in [0.4, 0.5) is 0 Å². The van der Waals surface area contributed by atoms with Gasteiger partial charge in [-0.2, -0.15) is 0 Å². The van der Waals surface area contributed by atoms with E-state index < -0.39 is 13.7 Å². The summed E-state index contributed by atoms with van der Waals surface area (Å²) in [5.41, 5.74) is 2.04. The van der Waals surface area contributed by atoms with E-state index in [9.17, 15) is 0 Å². The summed E-state index contributed by atoms with van der Waals surface area (Å²) in [5, 5.41) is 0. The van der Waals surface area contributed by atoms with Gasteiger partial charge in [-0.25, -0.2) is 0 Å². The summed E-state index contributed by atoms with van der Waals surface area (Å²) in [6, 6.07) is 0. The number of hydrogen-bond acceptors (Lipinski definition) is 1. The summed E-state index contributed by atoms with van der Waals surface area (Å²) >= 11 is 0. The SMILES string of the molecule is [2H]C([2H])([2H])C(=C)CCC(=C)C1=NC=C(C([2H])([2H])[2H])CC1. The molecule has 0 bridgehead atoms. The van der Waals surface area contributed by atoms with Gasteiger partial charge in [0.2, 0.25) is 0 Å². The second-order valence-electron chi connectivity index (χ2n) is 3.44. The Labute approximate surface area is 95.4 Å². The smallest absolute Gasteiger partial charge is 0.0432 e. The van der Waals surface area contributed by atoms with Crippen LogP contribution < -0.4 is 0 Å². The van der Waals surface area contributed by atoms with Crippen LogP contribution in [-0.4, -0.2) is 5.71 Å². The minimum atomic E-state index is -2.14. The number of hydrogen-bond donors (Lipinski definition) is 0. The van der Waals surface area contributed by atoms with Crippen molar-refractivity contribution in [3.8, 4) is 0 Å². The van der Waals surface area contributed by atoms with E-state index in [1.54, 1.807) is 0 Å². The van der Waals surface area contributed by atoms with Crippen molar-refractivity contribution in [1.82, 2.24) is 0 Å². The molecular weight excluding hydrogens is 170 g/mol. The molecular formula is C13H19N. The van der Waals surface area contributed by atoms with Crippen molar-refractivity contribution < 1.29 is 8.22 Å². The van der Waals surface area contributed by atoms with Gasteiger partial charge in [0.1, 0.15) is 0 Å². The second-order valence-corrected chi connectivity index (χ2v) is 3.44. The first-order chi connectivity index (χ1) is 9.01. The average Bonchev–Trinajstić information content (AvgIpc) is 2.33. The molecule has 0 atom stereocenters. The molecule has 0 saturated heterocycles. The fraction of sp³-hybridized carbons (Fsp3) is 0.462. The molecule has 1 heteroatoms. The molecule has 0 aromatic rings. The Hall–Kier alpha value is -1.11. The van der Waals surface area contributed by atoms with Gasteiger partial charge in [-0.1, -0.05) is 17.7 Å².